The molecule has 0 saturated carbocycles. The monoisotopic (exact) mass is 360 g/mol. The van der Waals surface area contributed by atoms with Crippen molar-refractivity contribution in [3.8, 4) is 0 Å². The number of fused-ring (bicyclic) bond motifs is 3. The van der Waals surface area contributed by atoms with Crippen LogP contribution in [0.15, 0.2) is 47.4 Å². The van der Waals surface area contributed by atoms with Gasteiger partial charge < -0.3 is 4.98 Å². The Balaban J connectivity index is 1.75. The van der Waals surface area contributed by atoms with Crippen LogP contribution in [0.3, 0.4) is 0 Å². The van der Waals surface area contributed by atoms with E-state index in [1.54, 1.807) is 22.5 Å². The fraction of sp³-hybridized carbons (Fsp3) is 0.222. The van der Waals surface area contributed by atoms with Crippen molar-refractivity contribution in [3.05, 3.63) is 64.3 Å². The molecule has 0 fully saturated rings. The van der Waals surface area contributed by atoms with E-state index in [1.165, 1.54) is 0 Å². The van der Waals surface area contributed by atoms with Gasteiger partial charge in [0.15, 0.2) is 0 Å². The molecule has 0 unspecified atom stereocenters. The van der Waals surface area contributed by atoms with Gasteiger partial charge in [0, 0.05) is 41.1 Å². The Kier molecular flexibility index (Phi) is 3.67. The third kappa shape index (κ3) is 2.53. The van der Waals surface area contributed by atoms with Crippen molar-refractivity contribution in [3.63, 3.8) is 0 Å². The number of aromatic nitrogens is 1. The lowest BCUT2D eigenvalue weighted by molar-refractivity contribution is 0.391. The van der Waals surface area contributed by atoms with Gasteiger partial charge in [-0.25, -0.2) is 8.42 Å². The number of aryl methyl sites for hydroxylation is 1. The Labute approximate surface area is 146 Å². The summed E-state index contributed by atoms with van der Waals surface area (Å²) in [6, 6.07) is 12.7. The van der Waals surface area contributed by atoms with Gasteiger partial charge in [0.05, 0.1) is 4.90 Å². The summed E-state index contributed by atoms with van der Waals surface area (Å²) in [4.78, 5) is 3.73. The van der Waals surface area contributed by atoms with E-state index in [1.807, 2.05) is 31.2 Å². The van der Waals surface area contributed by atoms with E-state index in [0.29, 0.717) is 29.4 Å². The average molecular weight is 361 g/mol. The van der Waals surface area contributed by atoms with Gasteiger partial charge in [0.1, 0.15) is 0 Å². The molecule has 0 aliphatic carbocycles. The van der Waals surface area contributed by atoms with E-state index in [-0.39, 0.29) is 0 Å². The number of nitrogens with one attached hydrogen (secondary N) is 1. The molecule has 3 aromatic rings. The molecule has 6 heteroatoms. The Hall–Kier alpha value is -1.82. The first-order chi connectivity index (χ1) is 11.4. The zero-order chi connectivity index (χ0) is 16.9. The molecule has 0 radical (unpaired) electrons. The molecule has 4 rings (SSSR count). The summed E-state index contributed by atoms with van der Waals surface area (Å²) in [6.07, 6.45) is 0.673. The van der Waals surface area contributed by atoms with Gasteiger partial charge in [-0.2, -0.15) is 4.31 Å². The molecule has 24 heavy (non-hydrogen) atoms. The Bertz CT molecular complexity index is 1040. The van der Waals surface area contributed by atoms with E-state index < -0.39 is 10.0 Å². The number of hydrogen-bond donors (Lipinski definition) is 1. The number of sulfonamides is 1. The number of hydrogen-bond acceptors (Lipinski definition) is 2. The van der Waals surface area contributed by atoms with Crippen LogP contribution < -0.4 is 0 Å². The van der Waals surface area contributed by atoms with Crippen LogP contribution in [0.4, 0.5) is 0 Å². The average Bonchev–Trinajstić information content (AvgIpc) is 2.91. The molecule has 0 amide bonds. The fourth-order valence-electron chi connectivity index (χ4n) is 3.30. The maximum Gasteiger partial charge on any atom is 0.243 e. The van der Waals surface area contributed by atoms with E-state index in [2.05, 4.69) is 4.98 Å². The molecule has 124 valence electrons. The molecule has 1 aromatic heterocycles. The van der Waals surface area contributed by atoms with E-state index in [4.69, 9.17) is 11.6 Å². The predicted octanol–water partition coefficient (Wildman–Crippen LogP) is 3.88. The first-order valence-electron chi connectivity index (χ1n) is 7.81. The van der Waals surface area contributed by atoms with Crippen LogP contribution in [0.5, 0.6) is 0 Å². The van der Waals surface area contributed by atoms with Crippen LogP contribution in [0, 0.1) is 6.92 Å². The Morgan fingerprint density at radius 2 is 2.00 bits per heavy atom. The minimum Gasteiger partial charge on any atom is -0.358 e. The minimum absolute atomic E-state index is 0.355. The topological polar surface area (TPSA) is 53.2 Å². The van der Waals surface area contributed by atoms with Crippen LogP contribution in [0.25, 0.3) is 10.9 Å². The summed E-state index contributed by atoms with van der Waals surface area (Å²) < 4.78 is 27.5. The summed E-state index contributed by atoms with van der Waals surface area (Å²) in [5.41, 5.74) is 4.05. The van der Waals surface area contributed by atoms with Crippen molar-refractivity contribution in [2.75, 3.05) is 6.54 Å². The normalized spacial score (nSPS) is 15.6. The molecule has 0 saturated heterocycles. The Morgan fingerprint density at radius 3 is 2.79 bits per heavy atom. The van der Waals surface area contributed by atoms with E-state index in [0.717, 1.165) is 27.7 Å². The number of halogens is 1. The van der Waals surface area contributed by atoms with Gasteiger partial charge in [-0.15, -0.1) is 0 Å². The number of aromatic amines is 1. The summed E-state index contributed by atoms with van der Waals surface area (Å²) in [6.45, 7) is 2.76. The molecule has 1 aliphatic heterocycles. The molecule has 4 nitrogen and oxygen atoms in total. The van der Waals surface area contributed by atoms with Gasteiger partial charge in [0.25, 0.3) is 0 Å². The summed E-state index contributed by atoms with van der Waals surface area (Å²) in [5, 5.41) is 1.71. The highest BCUT2D eigenvalue weighted by Gasteiger charge is 2.30. The standard InChI is InChI=1S/C18H17ClN2O2S/c1-12-3-2-4-14(9-12)24(22,23)21-8-7-17-16(11-21)15-6-5-13(19)10-18(15)20-17/h2-6,9-10,20H,7-8,11H2,1H3. The maximum atomic E-state index is 13.0. The zero-order valence-corrected chi connectivity index (χ0v) is 14.8. The fourth-order valence-corrected chi connectivity index (χ4v) is 4.99. The first-order valence-corrected chi connectivity index (χ1v) is 9.63. The molecule has 2 aromatic carbocycles. The van der Waals surface area contributed by atoms with Gasteiger partial charge in [-0.05, 0) is 42.3 Å². The van der Waals surface area contributed by atoms with Crippen molar-refractivity contribution in [1.82, 2.24) is 9.29 Å². The quantitative estimate of drug-likeness (QED) is 0.754. The molecular formula is C18H17ClN2O2S. The molecular weight excluding hydrogens is 344 g/mol. The summed E-state index contributed by atoms with van der Waals surface area (Å²) >= 11 is 6.05. The van der Waals surface area contributed by atoms with Crippen LogP contribution in [0.1, 0.15) is 16.8 Å². The molecule has 1 aliphatic rings. The second-order valence-corrected chi connectivity index (χ2v) is 8.55. The SMILES string of the molecule is Cc1cccc(S(=O)(=O)N2CCc3[nH]c4cc(Cl)ccc4c3C2)c1. The van der Waals surface area contributed by atoms with E-state index in [9.17, 15) is 8.42 Å². The molecule has 2 heterocycles. The van der Waals surface area contributed by atoms with Gasteiger partial charge in [-0.1, -0.05) is 29.8 Å². The van der Waals surface area contributed by atoms with Crippen LogP contribution in [-0.4, -0.2) is 24.3 Å². The predicted molar refractivity (Wildman–Crippen MR) is 95.8 cm³/mol. The van der Waals surface area contributed by atoms with Crippen LogP contribution >= 0.6 is 11.6 Å². The van der Waals surface area contributed by atoms with Crippen LogP contribution in [0.2, 0.25) is 5.02 Å². The lowest BCUT2D eigenvalue weighted by Crippen LogP contribution is -2.35. The largest absolute Gasteiger partial charge is 0.358 e. The highest BCUT2D eigenvalue weighted by molar-refractivity contribution is 7.89. The summed E-state index contributed by atoms with van der Waals surface area (Å²) in [5.74, 6) is 0. The molecule has 0 bridgehead atoms. The zero-order valence-electron chi connectivity index (χ0n) is 13.2. The van der Waals surface area contributed by atoms with Crippen LogP contribution in [-0.2, 0) is 23.0 Å². The van der Waals surface area contributed by atoms with Crippen molar-refractivity contribution in [2.45, 2.75) is 24.8 Å². The van der Waals surface area contributed by atoms with Gasteiger partial charge >= 0.3 is 0 Å². The van der Waals surface area contributed by atoms with Crippen molar-refractivity contribution >= 4 is 32.5 Å². The minimum atomic E-state index is -3.49. The van der Waals surface area contributed by atoms with Crippen molar-refractivity contribution in [1.29, 1.82) is 0 Å². The second kappa shape index (κ2) is 5.62. The first kappa shape index (κ1) is 15.7. The Morgan fingerprint density at radius 1 is 1.17 bits per heavy atom. The number of H-pyrrole nitrogens is 1. The number of nitrogens with zero attached hydrogens (tertiary/aromatic N) is 1. The maximum absolute atomic E-state index is 13.0. The third-order valence-electron chi connectivity index (χ3n) is 4.53. The third-order valence-corrected chi connectivity index (χ3v) is 6.61. The molecule has 0 spiro atoms. The van der Waals surface area contributed by atoms with Crippen molar-refractivity contribution < 1.29 is 8.42 Å². The molecule has 0 atom stereocenters. The van der Waals surface area contributed by atoms with Gasteiger partial charge in [-0.3, -0.25) is 0 Å². The smallest absolute Gasteiger partial charge is 0.243 e. The molecule has 1 N–H and O–H groups in total. The summed E-state index contributed by atoms with van der Waals surface area (Å²) in [7, 11) is -3.49. The van der Waals surface area contributed by atoms with Crippen molar-refractivity contribution in [2.24, 2.45) is 0 Å². The lowest BCUT2D eigenvalue weighted by Gasteiger charge is -2.26. The van der Waals surface area contributed by atoms with Gasteiger partial charge in [0.2, 0.25) is 10.0 Å². The number of benzene rings is 2. The second-order valence-electron chi connectivity index (χ2n) is 6.18. The lowest BCUT2D eigenvalue weighted by atomic mass is 10.1. The number of rotatable bonds is 2. The highest BCUT2D eigenvalue weighted by atomic mass is 35.5. The highest BCUT2D eigenvalue weighted by Crippen LogP contribution is 2.31. The van der Waals surface area contributed by atoms with E-state index >= 15 is 0 Å².